The van der Waals surface area contributed by atoms with E-state index >= 15 is 0 Å². The summed E-state index contributed by atoms with van der Waals surface area (Å²) in [5.74, 6) is -0.411. The molecular weight excluding hydrogens is 256 g/mol. The highest BCUT2D eigenvalue weighted by Crippen LogP contribution is 2.22. The molecule has 110 valence electrons. The van der Waals surface area contributed by atoms with Gasteiger partial charge in [-0.15, -0.1) is 0 Å². The zero-order chi connectivity index (χ0) is 14.6. The lowest BCUT2D eigenvalue weighted by atomic mass is 9.98. The molecule has 0 amide bonds. The monoisotopic (exact) mass is 278 g/mol. The summed E-state index contributed by atoms with van der Waals surface area (Å²) in [7, 11) is 1.35. The largest absolute Gasteiger partial charge is 0.464 e. The fourth-order valence-corrected chi connectivity index (χ4v) is 2.49. The van der Waals surface area contributed by atoms with Gasteiger partial charge in [-0.25, -0.2) is 9.78 Å². The van der Waals surface area contributed by atoms with Gasteiger partial charge in [0, 0.05) is 13.1 Å². The van der Waals surface area contributed by atoms with Crippen molar-refractivity contribution in [3.05, 3.63) is 29.6 Å². The van der Waals surface area contributed by atoms with Gasteiger partial charge in [-0.1, -0.05) is 6.07 Å². The molecule has 1 aromatic rings. The van der Waals surface area contributed by atoms with Crippen LogP contribution in [0.3, 0.4) is 0 Å². The minimum Gasteiger partial charge on any atom is -0.464 e. The van der Waals surface area contributed by atoms with Crippen molar-refractivity contribution in [3.8, 4) is 0 Å². The fraction of sp³-hybridized carbons (Fsp3) is 0.600. The van der Waals surface area contributed by atoms with Crippen molar-refractivity contribution in [2.75, 3.05) is 20.2 Å². The molecule has 2 rings (SSSR count). The van der Waals surface area contributed by atoms with Crippen LogP contribution in [0.2, 0.25) is 0 Å². The average molecular weight is 278 g/mol. The second kappa shape index (κ2) is 6.33. The molecule has 20 heavy (non-hydrogen) atoms. The molecule has 2 heterocycles. The van der Waals surface area contributed by atoms with Crippen molar-refractivity contribution in [2.24, 2.45) is 0 Å². The van der Waals surface area contributed by atoms with E-state index in [0.717, 1.165) is 38.0 Å². The maximum absolute atomic E-state index is 11.5. The first-order valence-corrected chi connectivity index (χ1v) is 6.99. The number of aromatic nitrogens is 1. The highest BCUT2D eigenvalue weighted by molar-refractivity contribution is 5.87. The molecule has 1 aliphatic rings. The first-order valence-electron chi connectivity index (χ1n) is 6.99. The van der Waals surface area contributed by atoms with Crippen LogP contribution in [0.15, 0.2) is 18.2 Å². The standard InChI is InChI=1S/C15H22N2O3/c1-15(19)7-4-9-17(10-8-15)11-12-5-3-6-13(16-12)14(18)20-2/h3,5-6,19H,4,7-11H2,1-2H3. The maximum Gasteiger partial charge on any atom is 0.356 e. The minimum absolute atomic E-state index is 0.340. The molecule has 1 saturated heterocycles. The molecule has 0 spiro atoms. The molecule has 0 bridgehead atoms. The summed E-state index contributed by atoms with van der Waals surface area (Å²) in [4.78, 5) is 18.1. The van der Waals surface area contributed by atoms with Gasteiger partial charge < -0.3 is 9.84 Å². The molecule has 1 fully saturated rings. The Balaban J connectivity index is 2.01. The van der Waals surface area contributed by atoms with Gasteiger partial charge in [-0.2, -0.15) is 0 Å². The Bertz CT molecular complexity index is 474. The third-order valence-electron chi connectivity index (χ3n) is 3.74. The SMILES string of the molecule is COC(=O)c1cccc(CN2CCCC(C)(O)CC2)n1. The molecule has 0 aromatic carbocycles. The van der Waals surface area contributed by atoms with Crippen LogP contribution in [-0.4, -0.2) is 46.8 Å². The van der Waals surface area contributed by atoms with Crippen LogP contribution in [0.4, 0.5) is 0 Å². The van der Waals surface area contributed by atoms with E-state index in [1.165, 1.54) is 7.11 Å². The van der Waals surface area contributed by atoms with Crippen molar-refractivity contribution in [1.82, 2.24) is 9.88 Å². The van der Waals surface area contributed by atoms with Crippen LogP contribution >= 0.6 is 0 Å². The van der Waals surface area contributed by atoms with Crippen LogP contribution in [0.25, 0.3) is 0 Å². The van der Waals surface area contributed by atoms with E-state index in [0.29, 0.717) is 12.2 Å². The van der Waals surface area contributed by atoms with Gasteiger partial charge in [0.05, 0.1) is 18.4 Å². The number of hydrogen-bond donors (Lipinski definition) is 1. The van der Waals surface area contributed by atoms with Gasteiger partial charge in [0.2, 0.25) is 0 Å². The summed E-state index contributed by atoms with van der Waals surface area (Å²) < 4.78 is 4.68. The molecule has 1 aliphatic heterocycles. The fourth-order valence-electron chi connectivity index (χ4n) is 2.49. The summed E-state index contributed by atoms with van der Waals surface area (Å²) in [6.45, 7) is 4.38. The first kappa shape index (κ1) is 14.9. The van der Waals surface area contributed by atoms with E-state index in [1.807, 2.05) is 19.1 Å². The number of nitrogens with zero attached hydrogens (tertiary/aromatic N) is 2. The van der Waals surface area contributed by atoms with E-state index < -0.39 is 11.6 Å². The Kier molecular flexibility index (Phi) is 4.73. The van der Waals surface area contributed by atoms with Crippen LogP contribution in [0.1, 0.15) is 42.4 Å². The summed E-state index contributed by atoms with van der Waals surface area (Å²) in [5.41, 5.74) is 0.636. The summed E-state index contributed by atoms with van der Waals surface area (Å²) in [6.07, 6.45) is 2.58. The lowest BCUT2D eigenvalue weighted by Crippen LogP contribution is -2.28. The number of ether oxygens (including phenoxy) is 1. The topological polar surface area (TPSA) is 62.7 Å². The molecule has 0 saturated carbocycles. The zero-order valence-corrected chi connectivity index (χ0v) is 12.1. The number of methoxy groups -OCH3 is 1. The molecule has 0 aliphatic carbocycles. The van der Waals surface area contributed by atoms with Gasteiger partial charge in [0.15, 0.2) is 0 Å². The van der Waals surface area contributed by atoms with E-state index in [-0.39, 0.29) is 0 Å². The number of aliphatic hydroxyl groups is 1. The van der Waals surface area contributed by atoms with E-state index in [1.54, 1.807) is 6.07 Å². The smallest absolute Gasteiger partial charge is 0.356 e. The maximum atomic E-state index is 11.5. The van der Waals surface area contributed by atoms with Crippen LogP contribution < -0.4 is 0 Å². The second-order valence-electron chi connectivity index (χ2n) is 5.63. The number of likely N-dealkylation sites (tertiary alicyclic amines) is 1. The third-order valence-corrected chi connectivity index (χ3v) is 3.74. The lowest BCUT2D eigenvalue weighted by Gasteiger charge is -2.22. The van der Waals surface area contributed by atoms with Crippen LogP contribution in [-0.2, 0) is 11.3 Å². The Labute approximate surface area is 119 Å². The van der Waals surface area contributed by atoms with E-state index in [2.05, 4.69) is 14.6 Å². The van der Waals surface area contributed by atoms with Gasteiger partial charge >= 0.3 is 5.97 Å². The number of pyridine rings is 1. The zero-order valence-electron chi connectivity index (χ0n) is 12.1. The van der Waals surface area contributed by atoms with Gasteiger partial charge in [0.25, 0.3) is 0 Å². The van der Waals surface area contributed by atoms with Crippen molar-refractivity contribution >= 4 is 5.97 Å². The summed E-state index contributed by atoms with van der Waals surface area (Å²) in [5, 5.41) is 10.1. The molecule has 5 nitrogen and oxygen atoms in total. The quantitative estimate of drug-likeness (QED) is 0.851. The predicted molar refractivity (Wildman–Crippen MR) is 75.3 cm³/mol. The summed E-state index contributed by atoms with van der Waals surface area (Å²) in [6, 6.07) is 5.39. The number of hydrogen-bond acceptors (Lipinski definition) is 5. The number of esters is 1. The average Bonchev–Trinajstić information content (AvgIpc) is 2.60. The van der Waals surface area contributed by atoms with Crippen LogP contribution in [0.5, 0.6) is 0 Å². The Morgan fingerprint density at radius 3 is 3.00 bits per heavy atom. The van der Waals surface area contributed by atoms with Gasteiger partial charge in [-0.3, -0.25) is 4.90 Å². The Morgan fingerprint density at radius 2 is 2.25 bits per heavy atom. The summed E-state index contributed by atoms with van der Waals surface area (Å²) >= 11 is 0. The molecular formula is C15H22N2O3. The van der Waals surface area contributed by atoms with Gasteiger partial charge in [-0.05, 0) is 44.9 Å². The highest BCUT2D eigenvalue weighted by Gasteiger charge is 2.25. The molecule has 0 radical (unpaired) electrons. The van der Waals surface area contributed by atoms with Crippen molar-refractivity contribution < 1.29 is 14.6 Å². The highest BCUT2D eigenvalue weighted by atomic mass is 16.5. The van der Waals surface area contributed by atoms with E-state index in [9.17, 15) is 9.90 Å². The molecule has 1 atom stereocenters. The first-order chi connectivity index (χ1) is 9.50. The number of carbonyl (C=O) groups is 1. The van der Waals surface area contributed by atoms with Crippen molar-refractivity contribution in [3.63, 3.8) is 0 Å². The predicted octanol–water partition coefficient (Wildman–Crippen LogP) is 1.61. The molecule has 5 heteroatoms. The minimum atomic E-state index is -0.559. The number of carbonyl (C=O) groups excluding carboxylic acids is 1. The molecule has 1 unspecified atom stereocenters. The lowest BCUT2D eigenvalue weighted by molar-refractivity contribution is 0.0444. The second-order valence-corrected chi connectivity index (χ2v) is 5.63. The molecule has 1 aromatic heterocycles. The normalized spacial score (nSPS) is 24.1. The Morgan fingerprint density at radius 1 is 1.45 bits per heavy atom. The third kappa shape index (κ3) is 4.02. The van der Waals surface area contributed by atoms with Crippen molar-refractivity contribution in [1.29, 1.82) is 0 Å². The number of rotatable bonds is 3. The van der Waals surface area contributed by atoms with E-state index in [4.69, 9.17) is 0 Å². The van der Waals surface area contributed by atoms with Crippen LogP contribution in [0, 0.1) is 0 Å². The Hall–Kier alpha value is -1.46. The van der Waals surface area contributed by atoms with Crippen molar-refractivity contribution in [2.45, 2.75) is 38.3 Å². The van der Waals surface area contributed by atoms with Gasteiger partial charge in [0.1, 0.15) is 5.69 Å². The molecule has 1 N–H and O–H groups in total.